The SMILES string of the molecule is CC(C)=CCC/C(C)=C/CC/C(C)=C/CC/C=C(\C)CCC=O. The van der Waals surface area contributed by atoms with Gasteiger partial charge in [-0.1, -0.05) is 46.6 Å². The lowest BCUT2D eigenvalue weighted by Crippen LogP contribution is -1.82. The van der Waals surface area contributed by atoms with E-state index in [9.17, 15) is 4.79 Å². The van der Waals surface area contributed by atoms with Crippen LogP contribution >= 0.6 is 0 Å². The maximum atomic E-state index is 10.3. The van der Waals surface area contributed by atoms with E-state index < -0.39 is 0 Å². The molecule has 0 aliphatic carbocycles. The van der Waals surface area contributed by atoms with Crippen LogP contribution in [-0.4, -0.2) is 6.29 Å². The van der Waals surface area contributed by atoms with Gasteiger partial charge in [0.15, 0.2) is 0 Å². The van der Waals surface area contributed by atoms with Gasteiger partial charge in [-0.3, -0.25) is 0 Å². The number of rotatable bonds is 12. The molecule has 0 unspecified atom stereocenters. The molecule has 1 nitrogen and oxygen atoms in total. The summed E-state index contributed by atoms with van der Waals surface area (Å²) in [6, 6.07) is 0. The summed E-state index contributed by atoms with van der Waals surface area (Å²) < 4.78 is 0. The molecule has 23 heavy (non-hydrogen) atoms. The quantitative estimate of drug-likeness (QED) is 0.213. The molecule has 0 heterocycles. The smallest absolute Gasteiger partial charge is 0.120 e. The second-order valence-corrected chi connectivity index (χ2v) is 6.79. The van der Waals surface area contributed by atoms with E-state index in [1.807, 2.05) is 0 Å². The lowest BCUT2D eigenvalue weighted by Gasteiger charge is -2.02. The highest BCUT2D eigenvalue weighted by atomic mass is 16.1. The maximum absolute atomic E-state index is 10.3. The van der Waals surface area contributed by atoms with Gasteiger partial charge < -0.3 is 4.79 Å². The molecule has 0 bridgehead atoms. The average Bonchev–Trinajstić information content (AvgIpc) is 2.49. The molecule has 0 atom stereocenters. The molecule has 0 saturated heterocycles. The zero-order valence-electron chi connectivity index (χ0n) is 16.0. The van der Waals surface area contributed by atoms with E-state index in [1.165, 1.54) is 28.7 Å². The number of unbranched alkanes of at least 4 members (excludes halogenated alkanes) is 1. The summed E-state index contributed by atoms with van der Waals surface area (Å²) in [5.74, 6) is 0. The summed E-state index contributed by atoms with van der Waals surface area (Å²) in [6.07, 6.45) is 18.7. The van der Waals surface area contributed by atoms with Gasteiger partial charge in [0, 0.05) is 6.42 Å². The lowest BCUT2D eigenvalue weighted by molar-refractivity contribution is -0.107. The van der Waals surface area contributed by atoms with Crippen molar-refractivity contribution < 1.29 is 4.79 Å². The van der Waals surface area contributed by atoms with Crippen molar-refractivity contribution in [3.63, 3.8) is 0 Å². The molecule has 0 aliphatic heterocycles. The van der Waals surface area contributed by atoms with Crippen molar-refractivity contribution in [1.29, 1.82) is 0 Å². The fourth-order valence-corrected chi connectivity index (χ4v) is 2.39. The zero-order chi connectivity index (χ0) is 17.5. The zero-order valence-corrected chi connectivity index (χ0v) is 16.0. The number of hydrogen-bond donors (Lipinski definition) is 0. The highest BCUT2D eigenvalue weighted by Crippen LogP contribution is 2.13. The molecule has 0 amide bonds. The van der Waals surface area contributed by atoms with Crippen LogP contribution in [0.25, 0.3) is 0 Å². The third-order valence-corrected chi connectivity index (χ3v) is 3.93. The molecular formula is C22H36O. The summed E-state index contributed by atoms with van der Waals surface area (Å²) in [6.45, 7) is 10.9. The first-order chi connectivity index (χ1) is 11.0. The van der Waals surface area contributed by atoms with Crippen molar-refractivity contribution in [2.24, 2.45) is 0 Å². The Morgan fingerprint density at radius 2 is 0.957 bits per heavy atom. The number of allylic oxidation sites excluding steroid dienone is 8. The van der Waals surface area contributed by atoms with E-state index in [1.54, 1.807) is 0 Å². The minimum absolute atomic E-state index is 0.649. The van der Waals surface area contributed by atoms with Gasteiger partial charge in [0.1, 0.15) is 6.29 Å². The minimum atomic E-state index is 0.649. The Kier molecular flexibility index (Phi) is 13.4. The molecule has 0 fully saturated rings. The van der Waals surface area contributed by atoms with Gasteiger partial charge in [0.2, 0.25) is 0 Å². The van der Waals surface area contributed by atoms with Crippen LogP contribution in [0.4, 0.5) is 0 Å². The van der Waals surface area contributed by atoms with Gasteiger partial charge in [0.25, 0.3) is 0 Å². The first-order valence-electron chi connectivity index (χ1n) is 8.99. The number of aldehydes is 1. The predicted octanol–water partition coefficient (Wildman–Crippen LogP) is 7.11. The van der Waals surface area contributed by atoms with Crippen molar-refractivity contribution in [2.75, 3.05) is 0 Å². The molecule has 0 N–H and O–H groups in total. The van der Waals surface area contributed by atoms with Gasteiger partial charge >= 0.3 is 0 Å². The third kappa shape index (κ3) is 15.3. The fraction of sp³-hybridized carbons (Fsp3) is 0.591. The van der Waals surface area contributed by atoms with Crippen LogP contribution in [-0.2, 0) is 4.79 Å². The summed E-state index contributed by atoms with van der Waals surface area (Å²) in [5, 5.41) is 0. The first kappa shape index (κ1) is 21.6. The van der Waals surface area contributed by atoms with Gasteiger partial charge in [-0.2, -0.15) is 0 Å². The Bertz CT molecular complexity index is 443. The number of carbonyl (C=O) groups is 1. The third-order valence-electron chi connectivity index (χ3n) is 3.93. The molecule has 0 aliphatic rings. The molecular weight excluding hydrogens is 280 g/mol. The Morgan fingerprint density at radius 3 is 1.39 bits per heavy atom. The van der Waals surface area contributed by atoms with Gasteiger partial charge in [0.05, 0.1) is 0 Å². The molecule has 0 radical (unpaired) electrons. The van der Waals surface area contributed by atoms with Crippen molar-refractivity contribution in [3.8, 4) is 0 Å². The normalized spacial score (nSPS) is 13.2. The molecule has 0 rings (SSSR count). The number of hydrogen-bond acceptors (Lipinski definition) is 1. The van der Waals surface area contributed by atoms with Crippen molar-refractivity contribution in [1.82, 2.24) is 0 Å². The first-order valence-corrected chi connectivity index (χ1v) is 8.99. The fourth-order valence-electron chi connectivity index (χ4n) is 2.39. The minimum Gasteiger partial charge on any atom is -0.303 e. The van der Waals surface area contributed by atoms with Crippen LogP contribution in [0.2, 0.25) is 0 Å². The van der Waals surface area contributed by atoms with E-state index in [0.717, 1.165) is 44.8 Å². The van der Waals surface area contributed by atoms with Crippen LogP contribution in [0.15, 0.2) is 46.6 Å². The maximum Gasteiger partial charge on any atom is 0.120 e. The average molecular weight is 317 g/mol. The van der Waals surface area contributed by atoms with Crippen LogP contribution in [0.5, 0.6) is 0 Å². The molecule has 130 valence electrons. The molecule has 0 saturated carbocycles. The monoisotopic (exact) mass is 316 g/mol. The van der Waals surface area contributed by atoms with E-state index in [-0.39, 0.29) is 0 Å². The molecule has 0 aromatic carbocycles. The van der Waals surface area contributed by atoms with E-state index in [2.05, 4.69) is 58.9 Å². The van der Waals surface area contributed by atoms with E-state index in [4.69, 9.17) is 0 Å². The Hall–Kier alpha value is -1.37. The lowest BCUT2D eigenvalue weighted by atomic mass is 10.1. The van der Waals surface area contributed by atoms with Crippen LogP contribution in [0.3, 0.4) is 0 Å². The highest BCUT2D eigenvalue weighted by Gasteiger charge is 1.93. The summed E-state index contributed by atoms with van der Waals surface area (Å²) >= 11 is 0. The summed E-state index contributed by atoms with van der Waals surface area (Å²) in [4.78, 5) is 10.3. The van der Waals surface area contributed by atoms with E-state index in [0.29, 0.717) is 6.42 Å². The van der Waals surface area contributed by atoms with Crippen LogP contribution < -0.4 is 0 Å². The predicted molar refractivity (Wildman–Crippen MR) is 104 cm³/mol. The summed E-state index contributed by atoms with van der Waals surface area (Å²) in [5.41, 5.74) is 5.73. The largest absolute Gasteiger partial charge is 0.303 e. The summed E-state index contributed by atoms with van der Waals surface area (Å²) in [7, 11) is 0. The molecule has 0 spiro atoms. The Labute approximate surface area is 144 Å². The van der Waals surface area contributed by atoms with Crippen LogP contribution in [0, 0.1) is 0 Å². The molecule has 1 heteroatoms. The van der Waals surface area contributed by atoms with Crippen molar-refractivity contribution >= 4 is 6.29 Å². The second kappa shape index (κ2) is 14.2. The van der Waals surface area contributed by atoms with Crippen molar-refractivity contribution in [2.45, 2.75) is 86.0 Å². The standard InChI is InChI=1S/C22H36O/c1-19(2)11-8-14-22(5)16-9-15-20(3)12-6-7-13-21(4)17-10-18-23/h11-13,16,18H,6-10,14-15,17H2,1-5H3/b20-12+,21-13+,22-16+. The molecule has 0 aromatic rings. The van der Waals surface area contributed by atoms with Gasteiger partial charge in [-0.15, -0.1) is 0 Å². The van der Waals surface area contributed by atoms with Crippen LogP contribution in [0.1, 0.15) is 86.0 Å². The topological polar surface area (TPSA) is 17.1 Å². The highest BCUT2D eigenvalue weighted by molar-refractivity contribution is 5.49. The van der Waals surface area contributed by atoms with E-state index >= 15 is 0 Å². The Balaban J connectivity index is 3.93. The second-order valence-electron chi connectivity index (χ2n) is 6.79. The van der Waals surface area contributed by atoms with Crippen molar-refractivity contribution in [3.05, 3.63) is 46.6 Å². The number of carbonyl (C=O) groups excluding carboxylic acids is 1. The Morgan fingerprint density at radius 1 is 0.565 bits per heavy atom. The van der Waals surface area contributed by atoms with Gasteiger partial charge in [-0.05, 0) is 79.6 Å². The molecule has 0 aromatic heterocycles. The van der Waals surface area contributed by atoms with Gasteiger partial charge in [-0.25, -0.2) is 0 Å².